The van der Waals surface area contributed by atoms with Gasteiger partial charge in [0.15, 0.2) is 5.79 Å². The molecule has 126 valence electrons. The summed E-state index contributed by atoms with van der Waals surface area (Å²) in [6.45, 7) is 6.77. The van der Waals surface area contributed by atoms with Crippen LogP contribution >= 0.6 is 0 Å². The van der Waals surface area contributed by atoms with Crippen molar-refractivity contribution in [3.63, 3.8) is 0 Å². The van der Waals surface area contributed by atoms with Crippen LogP contribution in [0.2, 0.25) is 0 Å². The molecule has 2 heterocycles. The molecule has 2 fully saturated rings. The SMILES string of the molecule is C[C@@H](NC(=O)N1CCC[C@@H](C2(C)OCCO2)C1)c1ccccc1. The van der Waals surface area contributed by atoms with Crippen LogP contribution in [0.15, 0.2) is 30.3 Å². The molecule has 23 heavy (non-hydrogen) atoms. The molecule has 0 saturated carbocycles. The minimum atomic E-state index is -0.538. The van der Waals surface area contributed by atoms with Gasteiger partial charge in [0.25, 0.3) is 0 Å². The van der Waals surface area contributed by atoms with Crippen molar-refractivity contribution in [1.29, 1.82) is 0 Å². The fourth-order valence-electron chi connectivity index (χ4n) is 3.46. The summed E-state index contributed by atoms with van der Waals surface area (Å²) >= 11 is 0. The molecule has 2 saturated heterocycles. The van der Waals surface area contributed by atoms with Gasteiger partial charge in [-0.2, -0.15) is 0 Å². The predicted molar refractivity (Wildman–Crippen MR) is 88.0 cm³/mol. The number of likely N-dealkylation sites (tertiary alicyclic amines) is 1. The van der Waals surface area contributed by atoms with Gasteiger partial charge >= 0.3 is 6.03 Å². The standard InChI is InChI=1S/C18H26N2O3/c1-14(15-7-4-3-5-8-15)19-17(21)20-10-6-9-16(13-20)18(2)22-11-12-23-18/h3-5,7-8,14,16H,6,9-13H2,1-2H3,(H,19,21)/t14-,16-/m1/s1. The summed E-state index contributed by atoms with van der Waals surface area (Å²) < 4.78 is 11.6. The molecule has 2 aliphatic rings. The number of rotatable bonds is 3. The number of hydrogen-bond acceptors (Lipinski definition) is 3. The van der Waals surface area contributed by atoms with E-state index in [1.54, 1.807) is 0 Å². The number of nitrogens with one attached hydrogen (secondary N) is 1. The molecule has 0 unspecified atom stereocenters. The molecular formula is C18H26N2O3. The highest BCUT2D eigenvalue weighted by atomic mass is 16.7. The zero-order valence-corrected chi connectivity index (χ0v) is 14.0. The third kappa shape index (κ3) is 3.67. The minimum absolute atomic E-state index is 0.00126. The van der Waals surface area contributed by atoms with Crippen molar-refractivity contribution < 1.29 is 14.3 Å². The van der Waals surface area contributed by atoms with Gasteiger partial charge in [0.1, 0.15) is 0 Å². The maximum absolute atomic E-state index is 12.6. The first kappa shape index (κ1) is 16.3. The molecule has 2 aliphatic heterocycles. The van der Waals surface area contributed by atoms with Gasteiger partial charge in [-0.15, -0.1) is 0 Å². The topological polar surface area (TPSA) is 50.8 Å². The van der Waals surface area contributed by atoms with E-state index in [1.807, 2.05) is 49.1 Å². The second kappa shape index (κ2) is 6.89. The van der Waals surface area contributed by atoms with Crippen LogP contribution in [-0.2, 0) is 9.47 Å². The van der Waals surface area contributed by atoms with Gasteiger partial charge in [0, 0.05) is 19.0 Å². The lowest BCUT2D eigenvalue weighted by Gasteiger charge is -2.40. The third-order valence-corrected chi connectivity index (χ3v) is 4.95. The van der Waals surface area contributed by atoms with E-state index in [2.05, 4.69) is 5.32 Å². The highest BCUT2D eigenvalue weighted by Gasteiger charge is 2.42. The molecule has 0 radical (unpaired) electrons. The quantitative estimate of drug-likeness (QED) is 0.932. The van der Waals surface area contributed by atoms with E-state index < -0.39 is 5.79 Å². The number of benzene rings is 1. The fourth-order valence-corrected chi connectivity index (χ4v) is 3.46. The Bertz CT molecular complexity index is 528. The molecule has 1 N–H and O–H groups in total. The Hall–Kier alpha value is -1.59. The van der Waals surface area contributed by atoms with Gasteiger partial charge in [-0.25, -0.2) is 4.79 Å². The lowest BCUT2D eigenvalue weighted by Crippen LogP contribution is -2.51. The molecule has 0 aliphatic carbocycles. The Labute approximate surface area is 137 Å². The molecule has 5 nitrogen and oxygen atoms in total. The Morgan fingerprint density at radius 1 is 1.30 bits per heavy atom. The lowest BCUT2D eigenvalue weighted by atomic mass is 9.90. The van der Waals surface area contributed by atoms with E-state index in [0.29, 0.717) is 19.8 Å². The number of nitrogens with zero attached hydrogens (tertiary/aromatic N) is 1. The van der Waals surface area contributed by atoms with Crippen molar-refractivity contribution in [3.8, 4) is 0 Å². The van der Waals surface area contributed by atoms with Gasteiger partial charge in [0.05, 0.1) is 19.3 Å². The molecule has 3 rings (SSSR count). The summed E-state index contributed by atoms with van der Waals surface area (Å²) in [6.07, 6.45) is 2.02. The lowest BCUT2D eigenvalue weighted by molar-refractivity contribution is -0.189. The summed E-state index contributed by atoms with van der Waals surface area (Å²) in [7, 11) is 0. The van der Waals surface area contributed by atoms with Crippen LogP contribution in [-0.4, -0.2) is 43.0 Å². The normalized spacial score (nSPS) is 25.1. The van der Waals surface area contributed by atoms with Crippen LogP contribution in [0.25, 0.3) is 0 Å². The average Bonchev–Trinajstić information content (AvgIpc) is 3.04. The Kier molecular flexibility index (Phi) is 4.87. The summed E-state index contributed by atoms with van der Waals surface area (Å²) in [5, 5.41) is 3.09. The van der Waals surface area contributed by atoms with Gasteiger partial charge in [-0.1, -0.05) is 30.3 Å². The molecular weight excluding hydrogens is 292 g/mol. The largest absolute Gasteiger partial charge is 0.347 e. The zero-order chi connectivity index (χ0) is 16.3. The highest BCUT2D eigenvalue weighted by molar-refractivity contribution is 5.74. The van der Waals surface area contributed by atoms with E-state index in [4.69, 9.17) is 9.47 Å². The van der Waals surface area contributed by atoms with Gasteiger partial charge in [0.2, 0.25) is 0 Å². The van der Waals surface area contributed by atoms with Crippen LogP contribution in [0.3, 0.4) is 0 Å². The van der Waals surface area contributed by atoms with Gasteiger partial charge < -0.3 is 19.7 Å². The van der Waals surface area contributed by atoms with Gasteiger partial charge in [-0.05, 0) is 32.3 Å². The van der Waals surface area contributed by atoms with Crippen molar-refractivity contribution >= 4 is 6.03 Å². The van der Waals surface area contributed by atoms with E-state index in [0.717, 1.165) is 24.9 Å². The van der Waals surface area contributed by atoms with Crippen LogP contribution in [0.1, 0.15) is 38.3 Å². The van der Waals surface area contributed by atoms with E-state index in [1.165, 1.54) is 0 Å². The Morgan fingerprint density at radius 2 is 2.00 bits per heavy atom. The molecule has 0 bridgehead atoms. The number of carbonyl (C=O) groups excluding carboxylic acids is 1. The number of piperidine rings is 1. The van der Waals surface area contributed by atoms with Crippen LogP contribution in [0.4, 0.5) is 4.79 Å². The molecule has 0 spiro atoms. The first-order valence-corrected chi connectivity index (χ1v) is 8.47. The first-order valence-electron chi connectivity index (χ1n) is 8.47. The summed E-state index contributed by atoms with van der Waals surface area (Å²) in [6, 6.07) is 10.0. The van der Waals surface area contributed by atoms with Crippen LogP contribution in [0, 0.1) is 5.92 Å². The van der Waals surface area contributed by atoms with Crippen molar-refractivity contribution in [2.75, 3.05) is 26.3 Å². The maximum Gasteiger partial charge on any atom is 0.317 e. The summed E-state index contributed by atoms with van der Waals surface area (Å²) in [4.78, 5) is 14.5. The second-order valence-corrected chi connectivity index (χ2v) is 6.58. The Balaban J connectivity index is 1.59. The number of urea groups is 1. The first-order chi connectivity index (χ1) is 11.1. The van der Waals surface area contributed by atoms with Gasteiger partial charge in [-0.3, -0.25) is 0 Å². The highest BCUT2D eigenvalue weighted by Crippen LogP contribution is 2.34. The van der Waals surface area contributed by atoms with Crippen molar-refractivity contribution in [2.24, 2.45) is 5.92 Å². The smallest absolute Gasteiger partial charge is 0.317 e. The molecule has 5 heteroatoms. The van der Waals surface area contributed by atoms with Crippen molar-refractivity contribution in [3.05, 3.63) is 35.9 Å². The fraction of sp³-hybridized carbons (Fsp3) is 0.611. The zero-order valence-electron chi connectivity index (χ0n) is 14.0. The van der Waals surface area contributed by atoms with Crippen molar-refractivity contribution in [2.45, 2.75) is 38.5 Å². The number of carbonyl (C=O) groups is 1. The van der Waals surface area contributed by atoms with E-state index >= 15 is 0 Å². The molecule has 0 aromatic heterocycles. The third-order valence-electron chi connectivity index (χ3n) is 4.95. The summed E-state index contributed by atoms with van der Waals surface area (Å²) in [5.41, 5.74) is 1.11. The average molecular weight is 318 g/mol. The second-order valence-electron chi connectivity index (χ2n) is 6.58. The molecule has 1 aromatic rings. The van der Waals surface area contributed by atoms with Crippen LogP contribution in [0.5, 0.6) is 0 Å². The van der Waals surface area contributed by atoms with Crippen LogP contribution < -0.4 is 5.32 Å². The number of ether oxygens (including phenoxy) is 2. The predicted octanol–water partition coefficient (Wildman–Crippen LogP) is 2.93. The van der Waals surface area contributed by atoms with E-state index in [-0.39, 0.29) is 18.0 Å². The Morgan fingerprint density at radius 3 is 2.70 bits per heavy atom. The van der Waals surface area contributed by atoms with E-state index in [9.17, 15) is 4.79 Å². The maximum atomic E-state index is 12.6. The molecule has 2 amide bonds. The monoisotopic (exact) mass is 318 g/mol. The van der Waals surface area contributed by atoms with Crippen molar-refractivity contribution in [1.82, 2.24) is 10.2 Å². The number of amides is 2. The minimum Gasteiger partial charge on any atom is -0.347 e. The summed E-state index contributed by atoms with van der Waals surface area (Å²) in [5.74, 6) is -0.305. The molecule has 2 atom stereocenters. The number of hydrogen-bond donors (Lipinski definition) is 1. The molecule has 1 aromatic carbocycles.